The van der Waals surface area contributed by atoms with Crippen LogP contribution in [0.3, 0.4) is 0 Å². The number of aromatic nitrogens is 2. The summed E-state index contributed by atoms with van der Waals surface area (Å²) in [4.78, 5) is 17.9. The summed E-state index contributed by atoms with van der Waals surface area (Å²) in [6.45, 7) is 0. The molecule has 1 fully saturated rings. The van der Waals surface area contributed by atoms with E-state index >= 15 is 0 Å². The number of nitrogens with zero attached hydrogens (tertiary/aromatic N) is 2. The lowest BCUT2D eigenvalue weighted by Gasteiger charge is -2.32. The second-order valence-corrected chi connectivity index (χ2v) is 9.75. The first kappa shape index (κ1) is 22.2. The Morgan fingerprint density at radius 3 is 2.73 bits per heavy atom. The third kappa shape index (κ3) is 4.08. The molecular formula is C24H23F3N2O3S. The quantitative estimate of drug-likeness (QED) is 0.693. The zero-order valence-electron chi connectivity index (χ0n) is 17.9. The van der Waals surface area contributed by atoms with Gasteiger partial charge in [0.1, 0.15) is 11.9 Å². The third-order valence-electron chi connectivity index (χ3n) is 6.64. The number of ether oxygens (including phenoxy) is 1. The van der Waals surface area contributed by atoms with Gasteiger partial charge >= 0.3 is 6.18 Å². The highest BCUT2D eigenvalue weighted by molar-refractivity contribution is 7.15. The van der Waals surface area contributed by atoms with Gasteiger partial charge in [0.2, 0.25) is 0 Å². The molecule has 2 atom stereocenters. The number of fused-ring (bicyclic) bond motifs is 1. The number of rotatable bonds is 4. The van der Waals surface area contributed by atoms with Crippen molar-refractivity contribution in [3.05, 3.63) is 68.0 Å². The average molecular weight is 477 g/mol. The van der Waals surface area contributed by atoms with Crippen molar-refractivity contribution in [3.8, 4) is 0 Å². The molecular weight excluding hydrogens is 453 g/mol. The molecule has 9 heteroatoms. The highest BCUT2D eigenvalue weighted by Gasteiger charge is 2.39. The Bertz CT molecular complexity index is 1330. The van der Waals surface area contributed by atoms with E-state index in [0.717, 1.165) is 36.5 Å². The SMILES string of the molecule is COC1CC(/C=c2\sc3nc(C4=CC=CC(C(F)(F)F)C4)cn3c2=O)=CC(C2CCC2)=C1O. The summed E-state index contributed by atoms with van der Waals surface area (Å²) >= 11 is 1.20. The van der Waals surface area contributed by atoms with Crippen LogP contribution in [0, 0.1) is 11.8 Å². The van der Waals surface area contributed by atoms with Crippen molar-refractivity contribution < 1.29 is 23.0 Å². The number of imidazole rings is 1. The lowest BCUT2D eigenvalue weighted by atomic mass is 9.76. The van der Waals surface area contributed by atoms with Gasteiger partial charge in [0.25, 0.3) is 5.56 Å². The van der Waals surface area contributed by atoms with Crippen molar-refractivity contribution in [1.82, 2.24) is 9.38 Å². The molecule has 0 radical (unpaired) electrons. The maximum absolute atomic E-state index is 13.1. The Morgan fingerprint density at radius 1 is 1.30 bits per heavy atom. The fourth-order valence-electron chi connectivity index (χ4n) is 4.52. The van der Waals surface area contributed by atoms with Crippen molar-refractivity contribution in [2.45, 2.75) is 44.4 Å². The number of allylic oxidation sites excluding steroid dienone is 6. The molecule has 0 bridgehead atoms. The molecule has 3 aliphatic carbocycles. The molecule has 3 aliphatic rings. The standard InChI is InChI=1S/C24H23F3N2O3S/c1-32-19-9-13(8-17(21(19)30)14-4-2-5-14)10-20-22(31)29-12-18(28-23(29)33-20)15-6-3-7-16(11-15)24(25,26)27/h3,6-8,10,12,14,16,19,30H,2,4-5,9,11H2,1H3/b20-10-. The van der Waals surface area contributed by atoms with Crippen LogP contribution in [0.1, 0.15) is 37.8 Å². The number of hydrogen-bond donors (Lipinski definition) is 1. The third-order valence-corrected chi connectivity index (χ3v) is 7.63. The summed E-state index contributed by atoms with van der Waals surface area (Å²) in [5.74, 6) is -0.951. The predicted octanol–water partition coefficient (Wildman–Crippen LogP) is 4.73. The number of alkyl halides is 3. The molecule has 2 aromatic heterocycles. The van der Waals surface area contributed by atoms with Gasteiger partial charge in [-0.2, -0.15) is 13.2 Å². The number of hydrogen-bond acceptors (Lipinski definition) is 5. The first-order chi connectivity index (χ1) is 15.7. The fraction of sp³-hybridized carbons (Fsp3) is 0.417. The largest absolute Gasteiger partial charge is 0.509 e. The van der Waals surface area contributed by atoms with Crippen LogP contribution in [-0.4, -0.2) is 33.9 Å². The minimum absolute atomic E-state index is 0.191. The van der Waals surface area contributed by atoms with Crippen molar-refractivity contribution in [2.24, 2.45) is 11.8 Å². The van der Waals surface area contributed by atoms with Gasteiger partial charge in [-0.05, 0) is 48.0 Å². The average Bonchev–Trinajstić information content (AvgIpc) is 3.28. The summed E-state index contributed by atoms with van der Waals surface area (Å²) in [6.07, 6.45) is 8.15. The maximum Gasteiger partial charge on any atom is 0.395 e. The van der Waals surface area contributed by atoms with Gasteiger partial charge in [0.05, 0.1) is 16.1 Å². The Hall–Kier alpha value is -2.65. The topological polar surface area (TPSA) is 63.8 Å². The van der Waals surface area contributed by atoms with E-state index in [4.69, 9.17) is 4.74 Å². The van der Waals surface area contributed by atoms with E-state index in [0.29, 0.717) is 33.1 Å². The molecule has 174 valence electrons. The minimum Gasteiger partial charge on any atom is -0.509 e. The summed E-state index contributed by atoms with van der Waals surface area (Å²) < 4.78 is 46.7. The number of aliphatic hydroxyl groups is 1. The first-order valence-electron chi connectivity index (χ1n) is 10.9. The van der Waals surface area contributed by atoms with Crippen molar-refractivity contribution >= 4 is 27.9 Å². The van der Waals surface area contributed by atoms with Gasteiger partial charge in [0.15, 0.2) is 4.96 Å². The van der Waals surface area contributed by atoms with Crippen molar-refractivity contribution in [1.29, 1.82) is 0 Å². The zero-order valence-corrected chi connectivity index (χ0v) is 18.7. The summed E-state index contributed by atoms with van der Waals surface area (Å²) in [7, 11) is 1.56. The number of thiazole rings is 1. The molecule has 0 amide bonds. The van der Waals surface area contributed by atoms with E-state index < -0.39 is 18.2 Å². The lowest BCUT2D eigenvalue weighted by Crippen LogP contribution is -2.26. The molecule has 33 heavy (non-hydrogen) atoms. The van der Waals surface area contributed by atoms with Gasteiger partial charge in [-0.1, -0.05) is 42.1 Å². The van der Waals surface area contributed by atoms with E-state index in [1.54, 1.807) is 19.3 Å². The van der Waals surface area contributed by atoms with Gasteiger partial charge in [0, 0.05) is 19.7 Å². The predicted molar refractivity (Wildman–Crippen MR) is 121 cm³/mol. The van der Waals surface area contributed by atoms with E-state index in [2.05, 4.69) is 4.98 Å². The fourth-order valence-corrected chi connectivity index (χ4v) is 5.49. The number of halogens is 3. The summed E-state index contributed by atoms with van der Waals surface area (Å²) in [5.41, 5.74) is 2.38. The van der Waals surface area contributed by atoms with Crippen LogP contribution in [0.25, 0.3) is 16.6 Å². The molecule has 2 aromatic rings. The monoisotopic (exact) mass is 476 g/mol. The van der Waals surface area contributed by atoms with Crippen LogP contribution in [-0.2, 0) is 4.74 Å². The molecule has 0 saturated heterocycles. The highest BCUT2D eigenvalue weighted by Crippen LogP contribution is 2.40. The Balaban J connectivity index is 1.47. The molecule has 2 heterocycles. The molecule has 0 aliphatic heterocycles. The first-order valence-corrected chi connectivity index (χ1v) is 11.7. The van der Waals surface area contributed by atoms with Gasteiger partial charge in [-0.3, -0.25) is 9.20 Å². The highest BCUT2D eigenvalue weighted by atomic mass is 32.1. The van der Waals surface area contributed by atoms with Gasteiger partial charge in [-0.25, -0.2) is 4.98 Å². The second-order valence-electron chi connectivity index (χ2n) is 8.74. The Labute approximate surface area is 191 Å². The van der Waals surface area contributed by atoms with Crippen molar-refractivity contribution in [2.75, 3.05) is 7.11 Å². The lowest BCUT2D eigenvalue weighted by molar-refractivity contribution is -0.159. The smallest absolute Gasteiger partial charge is 0.395 e. The van der Waals surface area contributed by atoms with Crippen LogP contribution in [0.15, 0.2) is 52.2 Å². The number of aliphatic hydroxyl groups excluding tert-OH is 1. The molecule has 1 N–H and O–H groups in total. The van der Waals surface area contributed by atoms with Crippen LogP contribution in [0.5, 0.6) is 0 Å². The minimum atomic E-state index is -4.31. The molecule has 2 unspecified atom stereocenters. The van der Waals surface area contributed by atoms with E-state index in [1.165, 1.54) is 28.0 Å². The molecule has 0 aromatic carbocycles. The van der Waals surface area contributed by atoms with Crippen LogP contribution >= 0.6 is 11.3 Å². The van der Waals surface area contributed by atoms with Crippen molar-refractivity contribution in [3.63, 3.8) is 0 Å². The normalized spacial score (nSPS) is 24.9. The van der Waals surface area contributed by atoms with Crippen LogP contribution in [0.2, 0.25) is 0 Å². The summed E-state index contributed by atoms with van der Waals surface area (Å²) in [6, 6.07) is 0. The number of methoxy groups -OCH3 is 1. The molecule has 5 nitrogen and oxygen atoms in total. The van der Waals surface area contributed by atoms with E-state index in [9.17, 15) is 23.1 Å². The maximum atomic E-state index is 13.1. The van der Waals surface area contributed by atoms with Gasteiger partial charge in [-0.15, -0.1) is 0 Å². The Morgan fingerprint density at radius 2 is 2.09 bits per heavy atom. The second kappa shape index (κ2) is 8.29. The van der Waals surface area contributed by atoms with E-state index in [1.807, 2.05) is 6.08 Å². The van der Waals surface area contributed by atoms with E-state index in [-0.39, 0.29) is 17.7 Å². The molecule has 1 saturated carbocycles. The summed E-state index contributed by atoms with van der Waals surface area (Å²) in [5, 5.41) is 10.5. The molecule has 0 spiro atoms. The van der Waals surface area contributed by atoms with Crippen LogP contribution in [0.4, 0.5) is 13.2 Å². The Kier molecular flexibility index (Phi) is 5.56. The van der Waals surface area contributed by atoms with Gasteiger partial charge < -0.3 is 9.84 Å². The van der Waals surface area contributed by atoms with Crippen LogP contribution < -0.4 is 10.1 Å². The zero-order chi connectivity index (χ0) is 23.3. The molecule has 5 rings (SSSR count).